The Labute approximate surface area is 96.9 Å². The van der Waals surface area contributed by atoms with Crippen molar-refractivity contribution in [2.24, 2.45) is 0 Å². The van der Waals surface area contributed by atoms with Crippen LogP contribution in [-0.2, 0) is 0 Å². The standard InChI is InChI=1S/C12H20N2S/c1-4-5-14-12(9-15-3)11-6-10(2)7-13-8-11/h6-8,12,14H,4-5,9H2,1-3H3. The van der Waals surface area contributed by atoms with Gasteiger partial charge in [-0.1, -0.05) is 13.0 Å². The van der Waals surface area contributed by atoms with E-state index < -0.39 is 0 Å². The van der Waals surface area contributed by atoms with Gasteiger partial charge >= 0.3 is 0 Å². The average Bonchev–Trinajstić information content (AvgIpc) is 2.24. The van der Waals surface area contributed by atoms with Gasteiger partial charge < -0.3 is 5.32 Å². The minimum Gasteiger partial charge on any atom is -0.309 e. The lowest BCUT2D eigenvalue weighted by Gasteiger charge is -2.17. The van der Waals surface area contributed by atoms with E-state index in [2.05, 4.69) is 36.5 Å². The maximum atomic E-state index is 4.25. The van der Waals surface area contributed by atoms with Crippen LogP contribution in [0.2, 0.25) is 0 Å². The molecule has 0 saturated heterocycles. The Kier molecular flexibility index (Phi) is 5.73. The Hall–Kier alpha value is -0.540. The van der Waals surface area contributed by atoms with Crippen LogP contribution in [0.1, 0.15) is 30.5 Å². The van der Waals surface area contributed by atoms with Gasteiger partial charge in [0.1, 0.15) is 0 Å². The van der Waals surface area contributed by atoms with Gasteiger partial charge in [0.2, 0.25) is 0 Å². The topological polar surface area (TPSA) is 24.9 Å². The van der Waals surface area contributed by atoms with Crippen molar-refractivity contribution >= 4 is 11.8 Å². The summed E-state index contributed by atoms with van der Waals surface area (Å²) in [6.45, 7) is 5.35. The van der Waals surface area contributed by atoms with E-state index >= 15 is 0 Å². The summed E-state index contributed by atoms with van der Waals surface area (Å²) in [5, 5.41) is 3.55. The fourth-order valence-electron chi connectivity index (χ4n) is 1.53. The molecule has 1 unspecified atom stereocenters. The molecule has 0 spiro atoms. The molecule has 84 valence electrons. The van der Waals surface area contributed by atoms with Gasteiger partial charge in [0.05, 0.1) is 0 Å². The van der Waals surface area contributed by atoms with Crippen molar-refractivity contribution in [2.45, 2.75) is 26.3 Å². The van der Waals surface area contributed by atoms with Gasteiger partial charge in [0, 0.05) is 24.2 Å². The maximum Gasteiger partial charge on any atom is 0.0427 e. The van der Waals surface area contributed by atoms with Crippen LogP contribution in [0.3, 0.4) is 0 Å². The van der Waals surface area contributed by atoms with Crippen LogP contribution in [0.5, 0.6) is 0 Å². The summed E-state index contributed by atoms with van der Waals surface area (Å²) in [5.41, 5.74) is 2.54. The summed E-state index contributed by atoms with van der Waals surface area (Å²) in [4.78, 5) is 4.25. The number of thioether (sulfide) groups is 1. The number of aryl methyl sites for hydroxylation is 1. The lowest BCUT2D eigenvalue weighted by atomic mass is 10.1. The van der Waals surface area contributed by atoms with Gasteiger partial charge in [0.25, 0.3) is 0 Å². The molecular formula is C12H20N2S. The van der Waals surface area contributed by atoms with E-state index in [9.17, 15) is 0 Å². The third kappa shape index (κ3) is 4.22. The minimum atomic E-state index is 0.437. The summed E-state index contributed by atoms with van der Waals surface area (Å²) in [6.07, 6.45) is 7.18. The van der Waals surface area contributed by atoms with Gasteiger partial charge in [-0.2, -0.15) is 11.8 Å². The molecule has 0 saturated carbocycles. The molecular weight excluding hydrogens is 204 g/mol. The first-order valence-electron chi connectivity index (χ1n) is 5.41. The lowest BCUT2D eigenvalue weighted by Crippen LogP contribution is -2.24. The number of aromatic nitrogens is 1. The van der Waals surface area contributed by atoms with E-state index in [4.69, 9.17) is 0 Å². The minimum absolute atomic E-state index is 0.437. The smallest absolute Gasteiger partial charge is 0.0427 e. The number of hydrogen-bond acceptors (Lipinski definition) is 3. The van der Waals surface area contributed by atoms with E-state index in [-0.39, 0.29) is 0 Å². The molecule has 0 fully saturated rings. The van der Waals surface area contributed by atoms with Crippen molar-refractivity contribution < 1.29 is 0 Å². The van der Waals surface area contributed by atoms with Crippen LogP contribution in [-0.4, -0.2) is 23.5 Å². The Morgan fingerprint density at radius 3 is 2.87 bits per heavy atom. The van der Waals surface area contributed by atoms with Crippen LogP contribution >= 0.6 is 11.8 Å². The first-order valence-corrected chi connectivity index (χ1v) is 6.81. The van der Waals surface area contributed by atoms with Gasteiger partial charge in [-0.15, -0.1) is 0 Å². The average molecular weight is 224 g/mol. The Morgan fingerprint density at radius 2 is 2.27 bits per heavy atom. The third-order valence-corrected chi connectivity index (χ3v) is 2.94. The highest BCUT2D eigenvalue weighted by molar-refractivity contribution is 7.98. The molecule has 0 amide bonds. The van der Waals surface area contributed by atoms with Gasteiger partial charge in [0.15, 0.2) is 0 Å². The normalized spacial score (nSPS) is 12.7. The predicted molar refractivity (Wildman–Crippen MR) is 68.4 cm³/mol. The monoisotopic (exact) mass is 224 g/mol. The summed E-state index contributed by atoms with van der Waals surface area (Å²) in [5.74, 6) is 1.10. The molecule has 1 aromatic rings. The number of rotatable bonds is 6. The highest BCUT2D eigenvalue weighted by Gasteiger charge is 2.09. The van der Waals surface area contributed by atoms with Crippen molar-refractivity contribution in [1.29, 1.82) is 0 Å². The second-order valence-electron chi connectivity index (χ2n) is 3.76. The zero-order valence-electron chi connectivity index (χ0n) is 9.79. The maximum absolute atomic E-state index is 4.25. The quantitative estimate of drug-likeness (QED) is 0.804. The molecule has 2 nitrogen and oxygen atoms in total. The van der Waals surface area contributed by atoms with Crippen molar-refractivity contribution in [3.05, 3.63) is 29.6 Å². The van der Waals surface area contributed by atoms with Crippen molar-refractivity contribution in [3.8, 4) is 0 Å². The van der Waals surface area contributed by atoms with Gasteiger partial charge in [-0.25, -0.2) is 0 Å². The van der Waals surface area contributed by atoms with Crippen LogP contribution in [0.15, 0.2) is 18.5 Å². The predicted octanol–water partition coefficient (Wildman–Crippen LogP) is 2.79. The summed E-state index contributed by atoms with van der Waals surface area (Å²) < 4.78 is 0. The van der Waals surface area contributed by atoms with E-state index in [1.54, 1.807) is 0 Å². The Morgan fingerprint density at radius 1 is 1.47 bits per heavy atom. The molecule has 15 heavy (non-hydrogen) atoms. The first kappa shape index (κ1) is 12.5. The fourth-order valence-corrected chi connectivity index (χ4v) is 2.17. The summed E-state index contributed by atoms with van der Waals surface area (Å²) >= 11 is 1.87. The molecule has 3 heteroatoms. The lowest BCUT2D eigenvalue weighted by molar-refractivity contribution is 0.576. The molecule has 1 aromatic heterocycles. The van der Waals surface area contributed by atoms with Crippen molar-refractivity contribution in [2.75, 3.05) is 18.6 Å². The third-order valence-electron chi connectivity index (χ3n) is 2.27. The number of nitrogens with zero attached hydrogens (tertiary/aromatic N) is 1. The highest BCUT2D eigenvalue weighted by Crippen LogP contribution is 2.17. The molecule has 1 heterocycles. The van der Waals surface area contributed by atoms with Gasteiger partial charge in [-0.3, -0.25) is 4.98 Å². The Bertz CT molecular complexity index is 289. The van der Waals surface area contributed by atoms with Gasteiger partial charge in [-0.05, 0) is 37.3 Å². The Balaban J connectivity index is 2.69. The second kappa shape index (κ2) is 6.85. The highest BCUT2D eigenvalue weighted by atomic mass is 32.2. The molecule has 0 aliphatic heterocycles. The first-order chi connectivity index (χ1) is 7.27. The van der Waals surface area contributed by atoms with E-state index in [0.717, 1.165) is 12.3 Å². The van der Waals surface area contributed by atoms with E-state index in [1.165, 1.54) is 17.5 Å². The van der Waals surface area contributed by atoms with Crippen molar-refractivity contribution in [1.82, 2.24) is 10.3 Å². The van der Waals surface area contributed by atoms with Crippen LogP contribution in [0, 0.1) is 6.92 Å². The van der Waals surface area contributed by atoms with Crippen LogP contribution < -0.4 is 5.32 Å². The molecule has 0 aliphatic carbocycles. The molecule has 0 bridgehead atoms. The molecule has 0 aromatic carbocycles. The summed E-state index contributed by atoms with van der Waals surface area (Å²) in [6, 6.07) is 2.66. The zero-order valence-corrected chi connectivity index (χ0v) is 10.6. The molecule has 1 N–H and O–H groups in total. The molecule has 1 atom stereocenters. The van der Waals surface area contributed by atoms with Crippen LogP contribution in [0.25, 0.3) is 0 Å². The van der Waals surface area contributed by atoms with Crippen LogP contribution in [0.4, 0.5) is 0 Å². The zero-order chi connectivity index (χ0) is 11.1. The SMILES string of the molecule is CCCNC(CSC)c1cncc(C)c1. The molecule has 1 rings (SSSR count). The summed E-state index contributed by atoms with van der Waals surface area (Å²) in [7, 11) is 0. The molecule has 0 aliphatic rings. The largest absolute Gasteiger partial charge is 0.309 e. The number of hydrogen-bond donors (Lipinski definition) is 1. The van der Waals surface area contributed by atoms with E-state index in [0.29, 0.717) is 6.04 Å². The number of nitrogens with one attached hydrogen (secondary N) is 1. The fraction of sp³-hybridized carbons (Fsp3) is 0.583. The molecule has 0 radical (unpaired) electrons. The van der Waals surface area contributed by atoms with Crippen molar-refractivity contribution in [3.63, 3.8) is 0 Å². The van der Waals surface area contributed by atoms with E-state index in [1.807, 2.05) is 24.2 Å². The second-order valence-corrected chi connectivity index (χ2v) is 4.67. The number of pyridine rings is 1.